The van der Waals surface area contributed by atoms with Gasteiger partial charge in [-0.05, 0) is 24.1 Å². The predicted molar refractivity (Wildman–Crippen MR) is 91.4 cm³/mol. The Labute approximate surface area is 144 Å². The van der Waals surface area contributed by atoms with Crippen molar-refractivity contribution in [1.29, 1.82) is 0 Å². The van der Waals surface area contributed by atoms with Gasteiger partial charge in [-0.25, -0.2) is 17.2 Å². The Bertz CT molecular complexity index is 813. The molecule has 7 heteroatoms. The van der Waals surface area contributed by atoms with Gasteiger partial charge in [0.25, 0.3) is 0 Å². The minimum absolute atomic E-state index is 0.212. The van der Waals surface area contributed by atoms with E-state index in [1.54, 1.807) is 11.8 Å². The van der Waals surface area contributed by atoms with E-state index in [4.69, 9.17) is 0 Å². The number of sulfonamides is 1. The van der Waals surface area contributed by atoms with Crippen molar-refractivity contribution >= 4 is 21.8 Å². The molecule has 0 spiro atoms. The van der Waals surface area contributed by atoms with Crippen LogP contribution in [0, 0.1) is 11.6 Å². The van der Waals surface area contributed by atoms with Gasteiger partial charge in [-0.1, -0.05) is 30.3 Å². The molecule has 3 nitrogen and oxygen atoms in total. The Hall–Kier alpha value is -1.44. The maximum atomic E-state index is 13.9. The van der Waals surface area contributed by atoms with Gasteiger partial charge in [0.1, 0.15) is 16.5 Å². The lowest BCUT2D eigenvalue weighted by Crippen LogP contribution is -2.33. The third-order valence-electron chi connectivity index (χ3n) is 3.98. The average molecular weight is 369 g/mol. The summed E-state index contributed by atoms with van der Waals surface area (Å²) in [4.78, 5) is -0.466. The molecule has 1 heterocycles. The van der Waals surface area contributed by atoms with E-state index in [0.29, 0.717) is 31.3 Å². The fourth-order valence-corrected chi connectivity index (χ4v) is 5.60. The van der Waals surface area contributed by atoms with Crippen LogP contribution in [0.1, 0.15) is 17.2 Å². The first-order valence-corrected chi connectivity index (χ1v) is 10.1. The van der Waals surface area contributed by atoms with E-state index >= 15 is 0 Å². The van der Waals surface area contributed by atoms with E-state index in [1.165, 1.54) is 4.31 Å². The Morgan fingerprint density at radius 2 is 1.79 bits per heavy atom. The molecule has 128 valence electrons. The van der Waals surface area contributed by atoms with Crippen LogP contribution < -0.4 is 0 Å². The van der Waals surface area contributed by atoms with Crippen LogP contribution in [0.3, 0.4) is 0 Å². The number of rotatable bonds is 3. The van der Waals surface area contributed by atoms with Crippen molar-refractivity contribution in [3.8, 4) is 0 Å². The Morgan fingerprint density at radius 3 is 2.50 bits per heavy atom. The molecule has 1 aliphatic rings. The molecule has 0 amide bonds. The molecule has 1 aliphatic heterocycles. The summed E-state index contributed by atoms with van der Waals surface area (Å²) in [7, 11) is -3.96. The zero-order valence-corrected chi connectivity index (χ0v) is 14.5. The smallest absolute Gasteiger partial charge is 0.207 e. The summed E-state index contributed by atoms with van der Waals surface area (Å²) in [5.74, 6) is -1.21. The fourth-order valence-electron chi connectivity index (χ4n) is 2.75. The quantitative estimate of drug-likeness (QED) is 0.825. The van der Waals surface area contributed by atoms with Gasteiger partial charge in [-0.2, -0.15) is 16.1 Å². The number of hydrogen-bond acceptors (Lipinski definition) is 3. The van der Waals surface area contributed by atoms with Crippen LogP contribution in [-0.2, 0) is 10.0 Å². The number of benzene rings is 2. The Balaban J connectivity index is 1.80. The zero-order valence-electron chi connectivity index (χ0n) is 12.9. The lowest BCUT2D eigenvalue weighted by Gasteiger charge is -2.20. The lowest BCUT2D eigenvalue weighted by molar-refractivity contribution is 0.423. The molecule has 24 heavy (non-hydrogen) atoms. The largest absolute Gasteiger partial charge is 0.246 e. The molecule has 1 saturated heterocycles. The van der Waals surface area contributed by atoms with Gasteiger partial charge in [0.05, 0.1) is 0 Å². The average Bonchev–Trinajstić information content (AvgIpc) is 2.82. The second kappa shape index (κ2) is 7.21. The molecule has 0 aliphatic carbocycles. The van der Waals surface area contributed by atoms with Crippen molar-refractivity contribution in [2.45, 2.75) is 16.6 Å². The number of hydrogen-bond donors (Lipinski definition) is 0. The van der Waals surface area contributed by atoms with Crippen molar-refractivity contribution in [1.82, 2.24) is 4.31 Å². The molecular formula is C17H17F2NO2S2. The highest BCUT2D eigenvalue weighted by molar-refractivity contribution is 7.99. The molecule has 0 saturated carbocycles. The molecule has 1 fully saturated rings. The van der Waals surface area contributed by atoms with Crippen molar-refractivity contribution in [2.75, 3.05) is 18.8 Å². The minimum Gasteiger partial charge on any atom is -0.207 e. The van der Waals surface area contributed by atoms with Crippen molar-refractivity contribution in [2.24, 2.45) is 0 Å². The number of nitrogens with zero attached hydrogens (tertiary/aromatic N) is 1. The molecule has 0 radical (unpaired) electrons. The van der Waals surface area contributed by atoms with Crippen molar-refractivity contribution in [3.05, 3.63) is 65.7 Å². The molecule has 0 bridgehead atoms. The Kier molecular flexibility index (Phi) is 5.22. The summed E-state index contributed by atoms with van der Waals surface area (Å²) in [6.45, 7) is 0.624. The summed E-state index contributed by atoms with van der Waals surface area (Å²) >= 11 is 1.70. The normalized spacial score (nSPS) is 19.8. The van der Waals surface area contributed by atoms with E-state index in [0.717, 1.165) is 17.7 Å². The molecule has 1 unspecified atom stereocenters. The van der Waals surface area contributed by atoms with Gasteiger partial charge in [-0.3, -0.25) is 0 Å². The van der Waals surface area contributed by atoms with E-state index in [-0.39, 0.29) is 5.25 Å². The maximum absolute atomic E-state index is 13.9. The van der Waals surface area contributed by atoms with Crippen LogP contribution in [0.5, 0.6) is 0 Å². The SMILES string of the molecule is O=S(=O)(c1ccc(F)cc1F)N1CCSC(c2ccccc2)CC1. The first-order chi connectivity index (χ1) is 11.5. The molecule has 0 N–H and O–H groups in total. The summed E-state index contributed by atoms with van der Waals surface area (Å²) < 4.78 is 53.6. The third-order valence-corrected chi connectivity index (χ3v) is 7.24. The van der Waals surface area contributed by atoms with Crippen LogP contribution in [0.2, 0.25) is 0 Å². The van der Waals surface area contributed by atoms with Crippen molar-refractivity contribution in [3.63, 3.8) is 0 Å². The third kappa shape index (κ3) is 3.63. The molecule has 3 rings (SSSR count). The first kappa shape index (κ1) is 17.4. The highest BCUT2D eigenvalue weighted by Gasteiger charge is 2.30. The fraction of sp³-hybridized carbons (Fsp3) is 0.294. The van der Waals surface area contributed by atoms with Gasteiger partial charge in [0.15, 0.2) is 0 Å². The van der Waals surface area contributed by atoms with Crippen molar-refractivity contribution < 1.29 is 17.2 Å². The summed E-state index contributed by atoms with van der Waals surface area (Å²) in [5.41, 5.74) is 1.16. The second-order valence-corrected chi connectivity index (χ2v) is 8.75. The van der Waals surface area contributed by atoms with Crippen LogP contribution in [0.15, 0.2) is 53.4 Å². The standard InChI is InChI=1S/C17H17F2NO2S2/c18-14-6-7-17(15(19)12-14)24(21,22)20-9-8-16(23-11-10-20)13-4-2-1-3-5-13/h1-7,12,16H,8-11H2. The van der Waals surface area contributed by atoms with Crippen LogP contribution in [-0.4, -0.2) is 31.6 Å². The molecule has 2 aromatic carbocycles. The predicted octanol–water partition coefficient (Wildman–Crippen LogP) is 3.83. The van der Waals surface area contributed by atoms with Gasteiger partial charge in [-0.15, -0.1) is 0 Å². The minimum atomic E-state index is -3.96. The molecule has 1 atom stereocenters. The van der Waals surface area contributed by atoms with Gasteiger partial charge in [0, 0.05) is 30.2 Å². The number of thioether (sulfide) groups is 1. The van der Waals surface area contributed by atoms with Crippen LogP contribution in [0.4, 0.5) is 8.78 Å². The van der Waals surface area contributed by atoms with E-state index < -0.39 is 26.6 Å². The van der Waals surface area contributed by atoms with E-state index in [9.17, 15) is 17.2 Å². The van der Waals surface area contributed by atoms with E-state index in [1.807, 2.05) is 30.3 Å². The monoisotopic (exact) mass is 369 g/mol. The summed E-state index contributed by atoms with van der Waals surface area (Å²) in [6, 6.07) is 12.5. The molecular weight excluding hydrogens is 352 g/mol. The highest BCUT2D eigenvalue weighted by atomic mass is 32.2. The molecule has 2 aromatic rings. The summed E-state index contributed by atoms with van der Waals surface area (Å²) in [6.07, 6.45) is 0.650. The number of halogens is 2. The van der Waals surface area contributed by atoms with E-state index in [2.05, 4.69) is 0 Å². The highest BCUT2D eigenvalue weighted by Crippen LogP contribution is 2.35. The van der Waals surface area contributed by atoms with Crippen LogP contribution in [0.25, 0.3) is 0 Å². The van der Waals surface area contributed by atoms with Gasteiger partial charge < -0.3 is 0 Å². The lowest BCUT2D eigenvalue weighted by atomic mass is 10.1. The zero-order chi connectivity index (χ0) is 17.2. The second-order valence-electron chi connectivity index (χ2n) is 5.54. The maximum Gasteiger partial charge on any atom is 0.246 e. The Morgan fingerprint density at radius 1 is 1.04 bits per heavy atom. The summed E-state index contributed by atoms with van der Waals surface area (Å²) in [5, 5.41) is 0.212. The first-order valence-electron chi connectivity index (χ1n) is 7.60. The topological polar surface area (TPSA) is 37.4 Å². The van der Waals surface area contributed by atoms with Gasteiger partial charge in [0.2, 0.25) is 10.0 Å². The van der Waals surface area contributed by atoms with Gasteiger partial charge >= 0.3 is 0 Å². The van der Waals surface area contributed by atoms with Crippen LogP contribution >= 0.6 is 11.8 Å². The molecule has 0 aromatic heterocycles.